The third kappa shape index (κ3) is 3.83. The summed E-state index contributed by atoms with van der Waals surface area (Å²) in [6.07, 6.45) is 4.09. The molecule has 0 aromatic heterocycles. The van der Waals surface area contributed by atoms with E-state index in [1.165, 1.54) is 0 Å². The number of aliphatic hydroxyl groups excluding tert-OH is 1. The van der Waals surface area contributed by atoms with Crippen molar-refractivity contribution in [2.24, 2.45) is 5.73 Å². The first-order valence-electron chi connectivity index (χ1n) is 3.92. The van der Waals surface area contributed by atoms with Gasteiger partial charge in [0, 0.05) is 5.70 Å². The topological polar surface area (TPSA) is 46.2 Å². The molecule has 0 saturated heterocycles. The van der Waals surface area contributed by atoms with Crippen LogP contribution in [-0.2, 0) is 0 Å². The molecule has 0 aromatic carbocycles. The fourth-order valence-corrected chi connectivity index (χ4v) is 0.815. The van der Waals surface area contributed by atoms with Gasteiger partial charge in [-0.05, 0) is 31.9 Å². The van der Waals surface area contributed by atoms with Crippen LogP contribution >= 0.6 is 0 Å². The summed E-state index contributed by atoms with van der Waals surface area (Å²) in [5.74, 6) is 0. The van der Waals surface area contributed by atoms with Crippen LogP contribution in [0.4, 0.5) is 0 Å². The van der Waals surface area contributed by atoms with Gasteiger partial charge in [0.05, 0.1) is 6.10 Å². The van der Waals surface area contributed by atoms with Crippen LogP contribution in [0, 0.1) is 0 Å². The van der Waals surface area contributed by atoms with E-state index in [9.17, 15) is 5.11 Å². The molecular formula is C9H17NO. The van der Waals surface area contributed by atoms with Crippen molar-refractivity contribution in [3.63, 3.8) is 0 Å². The van der Waals surface area contributed by atoms with Gasteiger partial charge < -0.3 is 10.8 Å². The Kier molecular flexibility index (Phi) is 4.62. The molecule has 0 amide bonds. The SMILES string of the molecule is C/C=C(N)\C=C(/CC)[C@H](C)O. The second-order valence-corrected chi connectivity index (χ2v) is 2.54. The molecule has 0 saturated carbocycles. The molecule has 3 N–H and O–H groups in total. The van der Waals surface area contributed by atoms with Crippen LogP contribution in [0.3, 0.4) is 0 Å². The van der Waals surface area contributed by atoms with E-state index in [1.807, 2.05) is 26.0 Å². The summed E-state index contributed by atoms with van der Waals surface area (Å²) >= 11 is 0. The van der Waals surface area contributed by atoms with Gasteiger partial charge in [0.2, 0.25) is 0 Å². The number of aliphatic hydroxyl groups is 1. The molecule has 0 bridgehead atoms. The van der Waals surface area contributed by atoms with Crippen molar-refractivity contribution in [1.82, 2.24) is 0 Å². The largest absolute Gasteiger partial charge is 0.399 e. The van der Waals surface area contributed by atoms with Crippen LogP contribution in [0.1, 0.15) is 27.2 Å². The molecule has 0 heterocycles. The minimum Gasteiger partial charge on any atom is -0.399 e. The monoisotopic (exact) mass is 155 g/mol. The van der Waals surface area contributed by atoms with Crippen molar-refractivity contribution < 1.29 is 5.11 Å². The van der Waals surface area contributed by atoms with Crippen LogP contribution in [0.2, 0.25) is 0 Å². The molecule has 0 aliphatic rings. The van der Waals surface area contributed by atoms with E-state index in [4.69, 9.17) is 5.73 Å². The Morgan fingerprint density at radius 1 is 1.64 bits per heavy atom. The number of hydrogen-bond donors (Lipinski definition) is 2. The fourth-order valence-electron chi connectivity index (χ4n) is 0.815. The number of nitrogens with two attached hydrogens (primary N) is 1. The summed E-state index contributed by atoms with van der Waals surface area (Å²) < 4.78 is 0. The Hall–Kier alpha value is -0.760. The van der Waals surface area contributed by atoms with Gasteiger partial charge in [-0.2, -0.15) is 0 Å². The van der Waals surface area contributed by atoms with Gasteiger partial charge in [-0.3, -0.25) is 0 Å². The van der Waals surface area contributed by atoms with Gasteiger partial charge in [-0.25, -0.2) is 0 Å². The van der Waals surface area contributed by atoms with E-state index in [1.54, 1.807) is 6.92 Å². The van der Waals surface area contributed by atoms with E-state index >= 15 is 0 Å². The lowest BCUT2D eigenvalue weighted by Gasteiger charge is -2.07. The molecule has 1 atom stereocenters. The molecular weight excluding hydrogens is 138 g/mol. The highest BCUT2D eigenvalue weighted by Crippen LogP contribution is 2.08. The number of allylic oxidation sites excluding steroid dienone is 2. The second kappa shape index (κ2) is 4.97. The zero-order valence-electron chi connectivity index (χ0n) is 7.46. The average molecular weight is 155 g/mol. The van der Waals surface area contributed by atoms with Crippen LogP contribution < -0.4 is 5.73 Å². The Balaban J connectivity index is 4.35. The van der Waals surface area contributed by atoms with Crippen LogP contribution in [-0.4, -0.2) is 11.2 Å². The molecule has 0 aromatic rings. The predicted octanol–water partition coefficient (Wildman–Crippen LogP) is 1.57. The maximum atomic E-state index is 9.21. The first-order valence-corrected chi connectivity index (χ1v) is 3.92. The minimum atomic E-state index is -0.390. The zero-order valence-corrected chi connectivity index (χ0v) is 7.46. The lowest BCUT2D eigenvalue weighted by atomic mass is 10.1. The molecule has 2 nitrogen and oxygen atoms in total. The number of hydrogen-bond acceptors (Lipinski definition) is 2. The Morgan fingerprint density at radius 3 is 2.45 bits per heavy atom. The average Bonchev–Trinajstić information content (AvgIpc) is 1.99. The molecule has 0 rings (SSSR count). The summed E-state index contributed by atoms with van der Waals surface area (Å²) in [7, 11) is 0. The standard InChI is InChI=1S/C9H17NO/c1-4-8(7(3)11)6-9(10)5-2/h5-7,11H,4,10H2,1-3H3/b8-6+,9-5+/t7-/m0/s1. The van der Waals surface area contributed by atoms with Gasteiger partial charge in [0.1, 0.15) is 0 Å². The summed E-state index contributed by atoms with van der Waals surface area (Å²) in [5.41, 5.74) is 7.24. The summed E-state index contributed by atoms with van der Waals surface area (Å²) in [4.78, 5) is 0. The zero-order chi connectivity index (χ0) is 8.85. The number of rotatable bonds is 3. The van der Waals surface area contributed by atoms with Crippen LogP contribution in [0.5, 0.6) is 0 Å². The molecule has 0 unspecified atom stereocenters. The molecule has 2 heteroatoms. The van der Waals surface area contributed by atoms with Gasteiger partial charge >= 0.3 is 0 Å². The summed E-state index contributed by atoms with van der Waals surface area (Å²) in [6.45, 7) is 5.63. The van der Waals surface area contributed by atoms with Crippen molar-refractivity contribution >= 4 is 0 Å². The third-order valence-electron chi connectivity index (χ3n) is 1.63. The highest BCUT2D eigenvalue weighted by molar-refractivity contribution is 5.21. The molecule has 64 valence electrons. The molecule has 0 aliphatic heterocycles. The van der Waals surface area contributed by atoms with Crippen molar-refractivity contribution in [3.05, 3.63) is 23.4 Å². The molecule has 0 spiro atoms. The first kappa shape index (κ1) is 10.2. The molecule has 0 aliphatic carbocycles. The van der Waals surface area contributed by atoms with Crippen molar-refractivity contribution in [2.75, 3.05) is 0 Å². The minimum absolute atomic E-state index is 0.390. The van der Waals surface area contributed by atoms with E-state index in [-0.39, 0.29) is 0 Å². The Labute approximate surface area is 68.4 Å². The molecule has 0 fully saturated rings. The quantitative estimate of drug-likeness (QED) is 0.608. The van der Waals surface area contributed by atoms with Crippen LogP contribution in [0.25, 0.3) is 0 Å². The fraction of sp³-hybridized carbons (Fsp3) is 0.556. The van der Waals surface area contributed by atoms with Gasteiger partial charge in [0.15, 0.2) is 0 Å². The highest BCUT2D eigenvalue weighted by atomic mass is 16.3. The van der Waals surface area contributed by atoms with E-state index in [0.717, 1.165) is 12.0 Å². The van der Waals surface area contributed by atoms with Gasteiger partial charge in [-0.15, -0.1) is 0 Å². The molecule has 0 radical (unpaired) electrons. The lowest BCUT2D eigenvalue weighted by molar-refractivity contribution is 0.228. The Morgan fingerprint density at radius 2 is 2.18 bits per heavy atom. The lowest BCUT2D eigenvalue weighted by Crippen LogP contribution is -2.05. The van der Waals surface area contributed by atoms with Crippen molar-refractivity contribution in [2.45, 2.75) is 33.3 Å². The van der Waals surface area contributed by atoms with Crippen molar-refractivity contribution in [3.8, 4) is 0 Å². The first-order chi connectivity index (χ1) is 5.11. The van der Waals surface area contributed by atoms with Crippen molar-refractivity contribution in [1.29, 1.82) is 0 Å². The molecule has 11 heavy (non-hydrogen) atoms. The van der Waals surface area contributed by atoms with E-state index in [2.05, 4.69) is 0 Å². The Bertz CT molecular complexity index is 168. The smallest absolute Gasteiger partial charge is 0.0725 e. The van der Waals surface area contributed by atoms with Gasteiger partial charge in [-0.1, -0.05) is 13.0 Å². The normalized spacial score (nSPS) is 16.7. The maximum absolute atomic E-state index is 9.21. The third-order valence-corrected chi connectivity index (χ3v) is 1.63. The van der Waals surface area contributed by atoms with E-state index in [0.29, 0.717) is 5.70 Å². The predicted molar refractivity (Wildman–Crippen MR) is 48.0 cm³/mol. The van der Waals surface area contributed by atoms with Crippen LogP contribution in [0.15, 0.2) is 23.4 Å². The second-order valence-electron chi connectivity index (χ2n) is 2.54. The maximum Gasteiger partial charge on any atom is 0.0725 e. The van der Waals surface area contributed by atoms with Gasteiger partial charge in [0.25, 0.3) is 0 Å². The summed E-state index contributed by atoms with van der Waals surface area (Å²) in [5, 5.41) is 9.21. The van der Waals surface area contributed by atoms with E-state index < -0.39 is 6.10 Å². The summed E-state index contributed by atoms with van der Waals surface area (Å²) in [6, 6.07) is 0. The highest BCUT2D eigenvalue weighted by Gasteiger charge is 2.00.